The molecule has 114 valence electrons. The van der Waals surface area contributed by atoms with Crippen molar-refractivity contribution in [1.29, 1.82) is 0 Å². The van der Waals surface area contributed by atoms with E-state index in [0.717, 1.165) is 28.9 Å². The lowest BCUT2D eigenvalue weighted by atomic mass is 9.79. The Kier molecular flexibility index (Phi) is 4.16. The Hall–Kier alpha value is -1.16. The molecule has 0 bridgehead atoms. The standard InChI is InChI=1S/C17H22O3S/c1-2-13-15(17(18)19)9-8-14(12-4-3-5-12)16(13)21(20)10-11-6-7-11/h8-9,11-12H,2-7,10H2,1H3,(H,18,19)/t21-/m1/s1. The molecule has 0 radical (unpaired) electrons. The zero-order chi connectivity index (χ0) is 15.0. The lowest BCUT2D eigenvalue weighted by molar-refractivity contribution is 0.0695. The van der Waals surface area contributed by atoms with Crippen LogP contribution < -0.4 is 0 Å². The lowest BCUT2D eigenvalue weighted by Gasteiger charge is -2.29. The third-order valence-corrected chi connectivity index (χ3v) is 6.44. The SMILES string of the molecule is CCc1c(C(=O)O)ccc(C2CCC2)c1[S@](=O)CC1CC1. The Morgan fingerprint density at radius 1 is 1.29 bits per heavy atom. The molecule has 1 atom stereocenters. The third kappa shape index (κ3) is 2.91. The fourth-order valence-electron chi connectivity index (χ4n) is 3.09. The quantitative estimate of drug-likeness (QED) is 0.871. The van der Waals surface area contributed by atoms with Gasteiger partial charge in [0.1, 0.15) is 0 Å². The summed E-state index contributed by atoms with van der Waals surface area (Å²) in [5, 5.41) is 9.40. The number of rotatable bonds is 6. The van der Waals surface area contributed by atoms with Gasteiger partial charge in [-0.1, -0.05) is 19.4 Å². The molecule has 4 heteroatoms. The van der Waals surface area contributed by atoms with Crippen molar-refractivity contribution in [3.8, 4) is 0 Å². The van der Waals surface area contributed by atoms with Gasteiger partial charge < -0.3 is 5.11 Å². The van der Waals surface area contributed by atoms with Crippen LogP contribution in [-0.2, 0) is 17.2 Å². The molecule has 0 unspecified atom stereocenters. The van der Waals surface area contributed by atoms with Crippen molar-refractivity contribution in [1.82, 2.24) is 0 Å². The number of carbonyl (C=O) groups is 1. The van der Waals surface area contributed by atoms with E-state index in [0.29, 0.717) is 29.6 Å². The first-order valence-electron chi connectivity index (χ1n) is 7.89. The van der Waals surface area contributed by atoms with Gasteiger partial charge >= 0.3 is 5.97 Å². The molecule has 0 spiro atoms. The molecule has 1 aromatic rings. The zero-order valence-corrected chi connectivity index (χ0v) is 13.2. The molecule has 1 N–H and O–H groups in total. The average molecular weight is 306 g/mol. The third-order valence-electron chi connectivity index (χ3n) is 4.73. The second kappa shape index (κ2) is 5.91. The maximum absolute atomic E-state index is 12.8. The molecule has 2 fully saturated rings. The summed E-state index contributed by atoms with van der Waals surface area (Å²) in [6.45, 7) is 1.96. The Morgan fingerprint density at radius 3 is 2.48 bits per heavy atom. The van der Waals surface area contributed by atoms with Crippen LogP contribution in [0, 0.1) is 5.92 Å². The minimum absolute atomic E-state index is 0.333. The number of hydrogen-bond acceptors (Lipinski definition) is 2. The average Bonchev–Trinajstić information content (AvgIpc) is 3.19. The molecule has 0 aromatic heterocycles. The summed E-state index contributed by atoms with van der Waals surface area (Å²) < 4.78 is 12.8. The van der Waals surface area contributed by atoms with E-state index in [4.69, 9.17) is 0 Å². The van der Waals surface area contributed by atoms with E-state index in [1.54, 1.807) is 6.07 Å². The first kappa shape index (κ1) is 14.8. The molecule has 2 aliphatic carbocycles. The maximum Gasteiger partial charge on any atom is 0.336 e. The van der Waals surface area contributed by atoms with Crippen molar-refractivity contribution < 1.29 is 14.1 Å². The molecule has 0 heterocycles. The van der Waals surface area contributed by atoms with Crippen LogP contribution in [0.5, 0.6) is 0 Å². The van der Waals surface area contributed by atoms with Gasteiger partial charge in [0.15, 0.2) is 0 Å². The van der Waals surface area contributed by atoms with Gasteiger partial charge in [-0.2, -0.15) is 0 Å². The van der Waals surface area contributed by atoms with Crippen LogP contribution in [-0.4, -0.2) is 21.0 Å². The Bertz CT molecular complexity index is 586. The van der Waals surface area contributed by atoms with Gasteiger partial charge in [0, 0.05) is 10.6 Å². The summed E-state index contributed by atoms with van der Waals surface area (Å²) >= 11 is 0. The predicted molar refractivity (Wildman–Crippen MR) is 83.4 cm³/mol. The van der Waals surface area contributed by atoms with E-state index in [9.17, 15) is 14.1 Å². The van der Waals surface area contributed by atoms with Crippen molar-refractivity contribution in [3.63, 3.8) is 0 Å². The highest BCUT2D eigenvalue weighted by atomic mass is 32.2. The highest BCUT2D eigenvalue weighted by Crippen LogP contribution is 2.42. The number of hydrogen-bond donors (Lipinski definition) is 1. The maximum atomic E-state index is 12.8. The molecule has 2 aliphatic rings. The van der Waals surface area contributed by atoms with Crippen LogP contribution in [0.4, 0.5) is 0 Å². The van der Waals surface area contributed by atoms with Gasteiger partial charge in [-0.15, -0.1) is 0 Å². The van der Waals surface area contributed by atoms with E-state index in [-0.39, 0.29) is 0 Å². The monoisotopic (exact) mass is 306 g/mol. The molecule has 3 nitrogen and oxygen atoms in total. The Balaban J connectivity index is 2.06. The minimum Gasteiger partial charge on any atom is -0.478 e. The van der Waals surface area contributed by atoms with E-state index in [1.165, 1.54) is 19.3 Å². The van der Waals surface area contributed by atoms with Crippen LogP contribution in [0.1, 0.15) is 66.4 Å². The molecular weight excluding hydrogens is 284 g/mol. The van der Waals surface area contributed by atoms with Crippen LogP contribution in [0.2, 0.25) is 0 Å². The second-order valence-electron chi connectivity index (χ2n) is 6.25. The van der Waals surface area contributed by atoms with Crippen molar-refractivity contribution in [2.45, 2.75) is 56.3 Å². The van der Waals surface area contributed by atoms with Gasteiger partial charge in [0.05, 0.1) is 16.4 Å². The van der Waals surface area contributed by atoms with Crippen molar-refractivity contribution in [2.24, 2.45) is 5.92 Å². The van der Waals surface area contributed by atoms with Crippen LogP contribution in [0.3, 0.4) is 0 Å². The zero-order valence-electron chi connectivity index (χ0n) is 12.4. The second-order valence-corrected chi connectivity index (χ2v) is 7.68. The van der Waals surface area contributed by atoms with Gasteiger partial charge in [-0.25, -0.2) is 4.79 Å². The molecular formula is C17H22O3S. The molecule has 0 saturated heterocycles. The van der Waals surface area contributed by atoms with Crippen molar-refractivity contribution in [2.75, 3.05) is 5.75 Å². The topological polar surface area (TPSA) is 54.4 Å². The summed E-state index contributed by atoms with van der Waals surface area (Å²) in [6, 6.07) is 3.64. The molecule has 1 aromatic carbocycles. The highest BCUT2D eigenvalue weighted by molar-refractivity contribution is 7.85. The summed E-state index contributed by atoms with van der Waals surface area (Å²) in [5.74, 6) is 0.863. The van der Waals surface area contributed by atoms with Crippen molar-refractivity contribution >= 4 is 16.8 Å². The van der Waals surface area contributed by atoms with Crippen molar-refractivity contribution in [3.05, 3.63) is 28.8 Å². The Morgan fingerprint density at radius 2 is 2.00 bits per heavy atom. The van der Waals surface area contributed by atoms with Gasteiger partial charge in [-0.3, -0.25) is 4.21 Å². The number of benzene rings is 1. The molecule has 21 heavy (non-hydrogen) atoms. The van der Waals surface area contributed by atoms with Gasteiger partial charge in [0.2, 0.25) is 0 Å². The first-order valence-corrected chi connectivity index (χ1v) is 9.21. The first-order chi connectivity index (χ1) is 10.1. The Labute approximate surface area is 128 Å². The van der Waals surface area contributed by atoms with Crippen LogP contribution in [0.25, 0.3) is 0 Å². The number of carboxylic acids is 1. The summed E-state index contributed by atoms with van der Waals surface area (Å²) in [7, 11) is -1.05. The van der Waals surface area contributed by atoms with E-state index >= 15 is 0 Å². The fourth-order valence-corrected chi connectivity index (χ4v) is 5.04. The number of aromatic carboxylic acids is 1. The largest absolute Gasteiger partial charge is 0.478 e. The lowest BCUT2D eigenvalue weighted by Crippen LogP contribution is -2.17. The minimum atomic E-state index is -1.05. The highest BCUT2D eigenvalue weighted by Gasteiger charge is 2.31. The molecule has 0 amide bonds. The summed E-state index contributed by atoms with van der Waals surface area (Å²) in [5.41, 5.74) is 2.28. The van der Waals surface area contributed by atoms with E-state index < -0.39 is 16.8 Å². The normalized spacial score (nSPS) is 20.0. The van der Waals surface area contributed by atoms with Gasteiger partial charge in [-0.05, 0) is 61.1 Å². The van der Waals surface area contributed by atoms with Crippen LogP contribution in [0.15, 0.2) is 17.0 Å². The number of carboxylic acid groups (broad SMARTS) is 1. The van der Waals surface area contributed by atoms with E-state index in [2.05, 4.69) is 0 Å². The summed E-state index contributed by atoms with van der Waals surface area (Å²) in [6.07, 6.45) is 6.48. The fraction of sp³-hybridized carbons (Fsp3) is 0.588. The smallest absolute Gasteiger partial charge is 0.336 e. The molecule has 2 saturated carbocycles. The predicted octanol–water partition coefficient (Wildman–Crippen LogP) is 3.73. The van der Waals surface area contributed by atoms with Crippen LogP contribution >= 0.6 is 0 Å². The molecule has 3 rings (SSSR count). The van der Waals surface area contributed by atoms with Gasteiger partial charge in [0.25, 0.3) is 0 Å². The summed E-state index contributed by atoms with van der Waals surface area (Å²) in [4.78, 5) is 12.3. The van der Waals surface area contributed by atoms with E-state index in [1.807, 2.05) is 13.0 Å². The molecule has 0 aliphatic heterocycles.